The van der Waals surface area contributed by atoms with Crippen LogP contribution in [0.5, 0.6) is 0 Å². The Morgan fingerprint density at radius 1 is 1.03 bits per heavy atom. The lowest BCUT2D eigenvalue weighted by molar-refractivity contribution is -0.130. The molecule has 1 N–H and O–H groups in total. The van der Waals surface area contributed by atoms with E-state index in [4.69, 9.17) is 0 Å². The number of amides is 3. The average molecular weight is 467 g/mol. The van der Waals surface area contributed by atoms with Crippen molar-refractivity contribution >= 4 is 28.8 Å². The molecule has 33 heavy (non-hydrogen) atoms. The molecule has 176 valence electrons. The zero-order valence-corrected chi connectivity index (χ0v) is 20.7. The van der Waals surface area contributed by atoms with Gasteiger partial charge >= 0.3 is 0 Å². The number of hydrogen-bond donors (Lipinski definition) is 1. The Morgan fingerprint density at radius 3 is 2.48 bits per heavy atom. The minimum absolute atomic E-state index is 0.199. The molecular formula is C27H34N2O3S. The second-order valence-corrected chi connectivity index (χ2v) is 10.0. The van der Waals surface area contributed by atoms with Gasteiger partial charge in [0.1, 0.15) is 0 Å². The number of nitrogens with one attached hydrogen (secondary N) is 1. The van der Waals surface area contributed by atoms with Gasteiger partial charge in [0.25, 0.3) is 5.24 Å². The number of unbranched alkanes of at least 4 members (excludes halogenated alkanes) is 4. The lowest BCUT2D eigenvalue weighted by Crippen LogP contribution is -2.25. The number of aryl methyl sites for hydroxylation is 1. The summed E-state index contributed by atoms with van der Waals surface area (Å²) < 4.78 is 0. The van der Waals surface area contributed by atoms with Gasteiger partial charge in [-0.05, 0) is 53.6 Å². The van der Waals surface area contributed by atoms with E-state index in [1.807, 2.05) is 31.0 Å². The molecule has 1 aliphatic heterocycles. The number of carbonyl (C=O) groups is 3. The Balaban J connectivity index is 1.60. The van der Waals surface area contributed by atoms with Gasteiger partial charge < -0.3 is 4.90 Å². The van der Waals surface area contributed by atoms with Gasteiger partial charge in [0.2, 0.25) is 11.8 Å². The van der Waals surface area contributed by atoms with Gasteiger partial charge in [-0.2, -0.15) is 0 Å². The van der Waals surface area contributed by atoms with E-state index < -0.39 is 0 Å². The molecule has 1 atom stereocenters. The van der Waals surface area contributed by atoms with Crippen LogP contribution in [0.25, 0.3) is 11.1 Å². The van der Waals surface area contributed by atoms with E-state index in [1.54, 1.807) is 0 Å². The van der Waals surface area contributed by atoms with E-state index in [0.717, 1.165) is 52.4 Å². The maximum Gasteiger partial charge on any atom is 0.286 e. The van der Waals surface area contributed by atoms with Crippen molar-refractivity contribution in [2.24, 2.45) is 0 Å². The largest absolute Gasteiger partial charge is 0.341 e. The van der Waals surface area contributed by atoms with Crippen LogP contribution in [0.2, 0.25) is 0 Å². The van der Waals surface area contributed by atoms with E-state index in [9.17, 15) is 14.4 Å². The van der Waals surface area contributed by atoms with Crippen LogP contribution in [0.1, 0.15) is 62.1 Å². The Bertz CT molecular complexity index is 1000. The summed E-state index contributed by atoms with van der Waals surface area (Å²) in [6.07, 6.45) is 6.90. The minimum atomic E-state index is -0.356. The van der Waals surface area contributed by atoms with Crippen LogP contribution in [0.4, 0.5) is 4.79 Å². The van der Waals surface area contributed by atoms with Crippen LogP contribution < -0.4 is 5.32 Å². The number of benzene rings is 2. The molecule has 0 aliphatic carbocycles. The molecule has 5 nitrogen and oxygen atoms in total. The van der Waals surface area contributed by atoms with Crippen molar-refractivity contribution in [3.8, 4) is 11.1 Å². The minimum Gasteiger partial charge on any atom is -0.341 e. The molecule has 0 bridgehead atoms. The van der Waals surface area contributed by atoms with E-state index >= 15 is 0 Å². The maximum atomic E-state index is 12.5. The van der Waals surface area contributed by atoms with Crippen molar-refractivity contribution in [1.29, 1.82) is 0 Å². The van der Waals surface area contributed by atoms with E-state index in [-0.39, 0.29) is 22.3 Å². The molecular weight excluding hydrogens is 432 g/mol. The molecule has 0 spiro atoms. The number of thioether (sulfide) groups is 1. The summed E-state index contributed by atoms with van der Waals surface area (Å²) in [7, 11) is 1.88. The van der Waals surface area contributed by atoms with Crippen LogP contribution in [-0.4, -0.2) is 34.3 Å². The van der Waals surface area contributed by atoms with Gasteiger partial charge in [0, 0.05) is 20.0 Å². The Morgan fingerprint density at radius 2 is 1.79 bits per heavy atom. The van der Waals surface area contributed by atoms with Gasteiger partial charge in [-0.1, -0.05) is 80.8 Å². The van der Waals surface area contributed by atoms with Crippen molar-refractivity contribution in [2.45, 2.75) is 70.6 Å². The van der Waals surface area contributed by atoms with Crippen LogP contribution in [0, 0.1) is 6.92 Å². The number of hydrogen-bond acceptors (Lipinski definition) is 4. The highest BCUT2D eigenvalue weighted by Gasteiger charge is 2.31. The lowest BCUT2D eigenvalue weighted by atomic mass is 9.96. The Kier molecular flexibility index (Phi) is 9.12. The number of rotatable bonds is 11. The third-order valence-corrected chi connectivity index (χ3v) is 7.10. The fourth-order valence-corrected chi connectivity index (χ4v) is 4.96. The summed E-state index contributed by atoms with van der Waals surface area (Å²) in [5.74, 6) is -0.00907. The molecule has 3 amide bonds. The smallest absolute Gasteiger partial charge is 0.286 e. The first-order chi connectivity index (χ1) is 15.9. The normalized spacial score (nSPS) is 15.5. The fraction of sp³-hybridized carbons (Fsp3) is 0.444. The highest BCUT2D eigenvalue weighted by Crippen LogP contribution is 2.28. The number of imide groups is 1. The van der Waals surface area contributed by atoms with Gasteiger partial charge in [-0.15, -0.1) is 0 Å². The van der Waals surface area contributed by atoms with Crippen molar-refractivity contribution in [1.82, 2.24) is 10.2 Å². The molecule has 1 unspecified atom stereocenters. The van der Waals surface area contributed by atoms with Crippen LogP contribution in [-0.2, 0) is 22.6 Å². The zero-order chi connectivity index (χ0) is 23.8. The van der Waals surface area contributed by atoms with Gasteiger partial charge in [-0.3, -0.25) is 19.7 Å². The molecule has 1 fully saturated rings. The monoisotopic (exact) mass is 466 g/mol. The summed E-state index contributed by atoms with van der Waals surface area (Å²) in [4.78, 5) is 37.6. The SMILES string of the molecule is CCCCCCCC(=O)N(C)Cc1cccc(-c2ccc(CC3SC(=O)NC3=O)c(C)c2)c1. The van der Waals surface area contributed by atoms with Gasteiger partial charge in [0.15, 0.2) is 0 Å². The second kappa shape index (κ2) is 12.0. The Labute approximate surface area is 201 Å². The fourth-order valence-electron chi connectivity index (χ4n) is 4.11. The molecule has 1 aliphatic rings. The van der Waals surface area contributed by atoms with Crippen molar-refractivity contribution in [3.05, 3.63) is 59.2 Å². The van der Waals surface area contributed by atoms with Crippen LogP contribution in [0.15, 0.2) is 42.5 Å². The van der Waals surface area contributed by atoms with Gasteiger partial charge in [0.05, 0.1) is 5.25 Å². The van der Waals surface area contributed by atoms with Crippen LogP contribution >= 0.6 is 11.8 Å². The average Bonchev–Trinajstić information content (AvgIpc) is 3.11. The second-order valence-electron chi connectivity index (χ2n) is 8.84. The van der Waals surface area contributed by atoms with E-state index in [2.05, 4.69) is 42.6 Å². The molecule has 1 saturated heterocycles. The first kappa shape index (κ1) is 25.0. The highest BCUT2D eigenvalue weighted by molar-refractivity contribution is 8.15. The molecule has 6 heteroatoms. The van der Waals surface area contributed by atoms with Crippen molar-refractivity contribution < 1.29 is 14.4 Å². The summed E-state index contributed by atoms with van der Waals surface area (Å²) >= 11 is 1.06. The summed E-state index contributed by atoms with van der Waals surface area (Å²) in [5, 5.41) is 1.73. The molecule has 1 heterocycles. The topological polar surface area (TPSA) is 66.5 Å². The summed E-state index contributed by atoms with van der Waals surface area (Å²) in [5.41, 5.74) is 5.48. The predicted molar refractivity (Wildman–Crippen MR) is 135 cm³/mol. The summed E-state index contributed by atoms with van der Waals surface area (Å²) in [6, 6.07) is 14.5. The quantitative estimate of drug-likeness (QED) is 0.420. The highest BCUT2D eigenvalue weighted by atomic mass is 32.2. The zero-order valence-electron chi connectivity index (χ0n) is 19.9. The van der Waals surface area contributed by atoms with Gasteiger partial charge in [-0.25, -0.2) is 0 Å². The third kappa shape index (κ3) is 7.19. The molecule has 3 rings (SSSR count). The Hall–Kier alpha value is -2.60. The van der Waals surface area contributed by atoms with Crippen LogP contribution in [0.3, 0.4) is 0 Å². The lowest BCUT2D eigenvalue weighted by Gasteiger charge is -2.18. The first-order valence-electron chi connectivity index (χ1n) is 11.8. The standard InChI is InChI=1S/C27H34N2O3S/c1-4-5-6-7-8-12-25(30)29(3)18-20-10-9-11-22(16-20)23-14-13-21(19(2)15-23)17-24-26(31)28-27(32)33-24/h9-11,13-16,24H,4-8,12,17-18H2,1-3H3,(H,28,31,32). The number of carbonyl (C=O) groups excluding carboxylic acids is 3. The third-order valence-electron chi connectivity index (χ3n) is 6.11. The first-order valence-corrected chi connectivity index (χ1v) is 12.7. The molecule has 0 saturated carbocycles. The molecule has 0 aromatic heterocycles. The predicted octanol–water partition coefficient (Wildman–Crippen LogP) is 5.88. The molecule has 0 radical (unpaired) electrons. The summed E-state index contributed by atoms with van der Waals surface area (Å²) in [6.45, 7) is 4.83. The maximum absolute atomic E-state index is 12.5. The van der Waals surface area contributed by atoms with E-state index in [1.165, 1.54) is 19.3 Å². The van der Waals surface area contributed by atoms with E-state index in [0.29, 0.717) is 19.4 Å². The van der Waals surface area contributed by atoms with Crippen molar-refractivity contribution in [3.63, 3.8) is 0 Å². The number of nitrogens with zero attached hydrogens (tertiary/aromatic N) is 1. The van der Waals surface area contributed by atoms with Crippen molar-refractivity contribution in [2.75, 3.05) is 7.05 Å². The molecule has 2 aromatic carbocycles. The molecule has 2 aromatic rings.